The van der Waals surface area contributed by atoms with Crippen LogP contribution in [0.25, 0.3) is 0 Å². The van der Waals surface area contributed by atoms with Crippen LogP contribution in [0.3, 0.4) is 0 Å². The molecule has 0 atom stereocenters. The first-order chi connectivity index (χ1) is 9.56. The molecule has 0 aliphatic carbocycles. The first-order valence-corrected chi connectivity index (χ1v) is 7.28. The lowest BCUT2D eigenvalue weighted by Crippen LogP contribution is -1.93. The summed E-state index contributed by atoms with van der Waals surface area (Å²) in [6.45, 7) is 2.04. The van der Waals surface area contributed by atoms with E-state index in [2.05, 4.69) is 12.1 Å². The number of benzene rings is 2. The van der Waals surface area contributed by atoms with Crippen LogP contribution in [0.4, 0.5) is 10.1 Å². The zero-order chi connectivity index (χ0) is 14.5. The van der Waals surface area contributed by atoms with Crippen LogP contribution in [0.1, 0.15) is 16.7 Å². The maximum atomic E-state index is 13.5. The lowest BCUT2D eigenvalue weighted by Gasteiger charge is -2.04. The summed E-state index contributed by atoms with van der Waals surface area (Å²) in [4.78, 5) is 9.82. The van der Waals surface area contributed by atoms with Gasteiger partial charge in [-0.3, -0.25) is 10.1 Å². The van der Waals surface area contributed by atoms with E-state index in [9.17, 15) is 14.5 Å². The highest BCUT2D eigenvalue weighted by Crippen LogP contribution is 2.23. The summed E-state index contributed by atoms with van der Waals surface area (Å²) in [7, 11) is 0. The molecule has 0 fully saturated rings. The third kappa shape index (κ3) is 3.81. The van der Waals surface area contributed by atoms with Crippen molar-refractivity contribution in [2.45, 2.75) is 18.4 Å². The molecule has 0 amide bonds. The third-order valence-corrected chi connectivity index (χ3v) is 3.90. The molecule has 0 N–H and O–H groups in total. The fourth-order valence-electron chi connectivity index (χ4n) is 1.88. The molecule has 0 aliphatic rings. The van der Waals surface area contributed by atoms with Gasteiger partial charge in [0.05, 0.1) is 4.92 Å². The van der Waals surface area contributed by atoms with Gasteiger partial charge in [-0.1, -0.05) is 35.9 Å². The Balaban J connectivity index is 1.94. The van der Waals surface area contributed by atoms with E-state index in [1.165, 1.54) is 23.3 Å². The van der Waals surface area contributed by atoms with Gasteiger partial charge in [-0.05, 0) is 24.1 Å². The number of halogens is 1. The first kappa shape index (κ1) is 14.5. The largest absolute Gasteiger partial charge is 0.304 e. The van der Waals surface area contributed by atoms with E-state index in [0.29, 0.717) is 5.75 Å². The molecular formula is C15H14FNO2S. The van der Waals surface area contributed by atoms with Gasteiger partial charge in [0.2, 0.25) is 5.82 Å². The van der Waals surface area contributed by atoms with E-state index in [1.807, 2.05) is 19.1 Å². The van der Waals surface area contributed by atoms with Crippen LogP contribution < -0.4 is 0 Å². The summed E-state index contributed by atoms with van der Waals surface area (Å²) in [6, 6.07) is 12.3. The minimum Gasteiger partial charge on any atom is -0.258 e. The topological polar surface area (TPSA) is 43.1 Å². The van der Waals surface area contributed by atoms with Gasteiger partial charge >= 0.3 is 5.69 Å². The number of aryl methyl sites for hydroxylation is 1. The minimum absolute atomic E-state index is 0.475. The average Bonchev–Trinajstić information content (AvgIpc) is 2.38. The Labute approximate surface area is 121 Å². The molecule has 0 radical (unpaired) electrons. The summed E-state index contributed by atoms with van der Waals surface area (Å²) < 4.78 is 13.5. The molecule has 20 heavy (non-hydrogen) atoms. The number of nitrogens with zero attached hydrogens (tertiary/aromatic N) is 1. The van der Waals surface area contributed by atoms with E-state index >= 15 is 0 Å². The van der Waals surface area contributed by atoms with Crippen LogP contribution in [0.2, 0.25) is 0 Å². The van der Waals surface area contributed by atoms with E-state index in [-0.39, 0.29) is 0 Å². The summed E-state index contributed by atoms with van der Waals surface area (Å²) in [5.74, 6) is 0.687. The average molecular weight is 291 g/mol. The van der Waals surface area contributed by atoms with Gasteiger partial charge in [-0.2, -0.15) is 16.2 Å². The van der Waals surface area contributed by atoms with Gasteiger partial charge in [0, 0.05) is 17.6 Å². The Kier molecular flexibility index (Phi) is 4.74. The van der Waals surface area contributed by atoms with Crippen LogP contribution in [-0.2, 0) is 11.5 Å². The Morgan fingerprint density at radius 2 is 1.85 bits per heavy atom. The number of nitro groups is 1. The van der Waals surface area contributed by atoms with Gasteiger partial charge in [-0.15, -0.1) is 0 Å². The molecule has 2 aromatic carbocycles. The van der Waals surface area contributed by atoms with Crippen LogP contribution >= 0.6 is 11.8 Å². The number of rotatable bonds is 5. The van der Waals surface area contributed by atoms with Crippen molar-refractivity contribution in [2.24, 2.45) is 0 Å². The lowest BCUT2D eigenvalue weighted by atomic mass is 10.2. The normalized spacial score (nSPS) is 10.5. The van der Waals surface area contributed by atoms with Crippen molar-refractivity contribution >= 4 is 17.4 Å². The van der Waals surface area contributed by atoms with Crippen molar-refractivity contribution in [3.05, 3.63) is 75.1 Å². The molecule has 2 aromatic rings. The second-order valence-electron chi connectivity index (χ2n) is 4.52. The van der Waals surface area contributed by atoms with E-state index in [0.717, 1.165) is 11.3 Å². The fraction of sp³-hybridized carbons (Fsp3) is 0.200. The maximum Gasteiger partial charge on any atom is 0.304 e. The summed E-state index contributed by atoms with van der Waals surface area (Å²) >= 11 is 1.65. The molecule has 2 rings (SSSR count). The number of hydrogen-bond donors (Lipinski definition) is 0. The smallest absolute Gasteiger partial charge is 0.258 e. The van der Waals surface area contributed by atoms with Gasteiger partial charge in [0.15, 0.2) is 0 Å². The van der Waals surface area contributed by atoms with Gasteiger partial charge in [-0.25, -0.2) is 0 Å². The van der Waals surface area contributed by atoms with Crippen molar-refractivity contribution in [1.29, 1.82) is 0 Å². The molecule has 5 heteroatoms. The second-order valence-corrected chi connectivity index (χ2v) is 5.51. The summed E-state index contributed by atoms with van der Waals surface area (Å²) in [5, 5.41) is 10.5. The Bertz CT molecular complexity index is 631. The lowest BCUT2D eigenvalue weighted by molar-refractivity contribution is -0.387. The number of nitro benzene ring substituents is 1. The molecule has 0 heterocycles. The van der Waals surface area contributed by atoms with Gasteiger partial charge < -0.3 is 0 Å². The van der Waals surface area contributed by atoms with Crippen LogP contribution in [-0.4, -0.2) is 4.92 Å². The molecule has 0 spiro atoms. The van der Waals surface area contributed by atoms with Crippen molar-refractivity contribution in [1.82, 2.24) is 0 Å². The van der Waals surface area contributed by atoms with E-state index in [4.69, 9.17) is 0 Å². The van der Waals surface area contributed by atoms with Crippen LogP contribution in [0.15, 0.2) is 42.5 Å². The van der Waals surface area contributed by atoms with Crippen molar-refractivity contribution < 1.29 is 9.31 Å². The highest BCUT2D eigenvalue weighted by Gasteiger charge is 2.13. The summed E-state index contributed by atoms with van der Waals surface area (Å²) in [5.41, 5.74) is 2.71. The zero-order valence-electron chi connectivity index (χ0n) is 11.0. The number of thioether (sulfide) groups is 1. The SMILES string of the molecule is Cc1cccc(CSCc2ccc([N+](=O)[O-])c(F)c2)c1. The Hall–Kier alpha value is -1.88. The van der Waals surface area contributed by atoms with Gasteiger partial charge in [0.1, 0.15) is 0 Å². The monoisotopic (exact) mass is 291 g/mol. The predicted octanol–water partition coefficient (Wildman–Crippen LogP) is 4.48. The molecule has 0 saturated heterocycles. The molecule has 0 aromatic heterocycles. The highest BCUT2D eigenvalue weighted by atomic mass is 32.2. The molecule has 3 nitrogen and oxygen atoms in total. The van der Waals surface area contributed by atoms with Crippen molar-refractivity contribution in [2.75, 3.05) is 0 Å². The van der Waals surface area contributed by atoms with Crippen LogP contribution in [0.5, 0.6) is 0 Å². The molecule has 104 valence electrons. The van der Waals surface area contributed by atoms with E-state index < -0.39 is 16.4 Å². The molecule has 0 aliphatic heterocycles. The highest BCUT2D eigenvalue weighted by molar-refractivity contribution is 7.97. The maximum absolute atomic E-state index is 13.5. The van der Waals surface area contributed by atoms with Crippen molar-refractivity contribution in [3.63, 3.8) is 0 Å². The Morgan fingerprint density at radius 3 is 2.45 bits per heavy atom. The fourth-order valence-corrected chi connectivity index (χ4v) is 2.81. The van der Waals surface area contributed by atoms with Gasteiger partial charge in [0.25, 0.3) is 0 Å². The Morgan fingerprint density at radius 1 is 1.15 bits per heavy atom. The predicted molar refractivity (Wildman–Crippen MR) is 79.2 cm³/mol. The standard InChI is InChI=1S/C15H14FNO2S/c1-11-3-2-4-12(7-11)9-20-10-13-5-6-15(17(18)19)14(16)8-13/h2-8H,9-10H2,1H3. The number of hydrogen-bond acceptors (Lipinski definition) is 3. The molecule has 0 unspecified atom stereocenters. The van der Waals surface area contributed by atoms with E-state index in [1.54, 1.807) is 17.8 Å². The summed E-state index contributed by atoms with van der Waals surface area (Å²) in [6.07, 6.45) is 0. The van der Waals surface area contributed by atoms with Crippen LogP contribution in [0, 0.1) is 22.9 Å². The minimum atomic E-state index is -0.774. The third-order valence-electron chi connectivity index (χ3n) is 2.83. The quantitative estimate of drug-likeness (QED) is 0.602. The molecule has 0 bridgehead atoms. The molecule has 0 saturated carbocycles. The second kappa shape index (κ2) is 6.52. The first-order valence-electron chi connectivity index (χ1n) is 6.12. The molecular weight excluding hydrogens is 277 g/mol. The zero-order valence-corrected chi connectivity index (χ0v) is 11.8. The van der Waals surface area contributed by atoms with Crippen molar-refractivity contribution in [3.8, 4) is 0 Å².